The van der Waals surface area contributed by atoms with Crippen LogP contribution in [0, 0.1) is 8.99 Å². The molecule has 1 aromatic rings. The number of carboxylic acid groups (broad SMARTS) is 1. The Labute approximate surface area is 138 Å². The molecule has 0 bridgehead atoms. The summed E-state index contributed by atoms with van der Waals surface area (Å²) in [6, 6.07) is 7.51. The van der Waals surface area contributed by atoms with Crippen molar-refractivity contribution in [3.63, 3.8) is 0 Å². The third-order valence-corrected chi connectivity index (χ3v) is 5.10. The van der Waals surface area contributed by atoms with Gasteiger partial charge in [0, 0.05) is 9.99 Å². The van der Waals surface area contributed by atoms with Gasteiger partial charge in [-0.05, 0) is 47.6 Å². The molecule has 2 N–H and O–H groups in total. The predicted molar refractivity (Wildman–Crippen MR) is 90.2 cm³/mol. The smallest absolute Gasteiger partial charge is 0.310 e. The van der Waals surface area contributed by atoms with E-state index in [2.05, 4.69) is 27.9 Å². The Morgan fingerprint density at radius 1 is 1.14 bits per heavy atom. The van der Waals surface area contributed by atoms with E-state index in [1.807, 2.05) is 24.3 Å². The lowest BCUT2D eigenvalue weighted by Gasteiger charge is -2.27. The third-order valence-electron chi connectivity index (χ3n) is 4.16. The van der Waals surface area contributed by atoms with Gasteiger partial charge in [0.2, 0.25) is 5.91 Å². The van der Waals surface area contributed by atoms with Crippen LogP contribution in [0.15, 0.2) is 24.3 Å². The highest BCUT2D eigenvalue weighted by Crippen LogP contribution is 2.38. The van der Waals surface area contributed by atoms with Crippen LogP contribution in [0.3, 0.4) is 0 Å². The first kappa shape index (κ1) is 16.3. The number of carbonyl (C=O) groups excluding carboxylic acids is 1. The van der Waals surface area contributed by atoms with E-state index in [0.29, 0.717) is 12.8 Å². The minimum absolute atomic E-state index is 0.0628. The first-order valence-corrected chi connectivity index (χ1v) is 8.39. The summed E-state index contributed by atoms with van der Waals surface area (Å²) in [5.41, 5.74) is -0.141. The van der Waals surface area contributed by atoms with Crippen LogP contribution in [0.25, 0.3) is 0 Å². The zero-order valence-electron chi connectivity index (χ0n) is 11.9. The van der Waals surface area contributed by atoms with Crippen molar-refractivity contribution in [2.24, 2.45) is 5.41 Å². The standard InChI is InChI=1S/C16H20INO3/c17-12-7-3-4-8-13(12)18-14(19)11-16(15(20)21)9-5-1-2-6-10-16/h3-4,7-8H,1-2,5-6,9-11H2,(H,18,19)(H,20,21). The number of aliphatic carboxylic acids is 1. The number of hydrogen-bond acceptors (Lipinski definition) is 2. The van der Waals surface area contributed by atoms with Crippen molar-refractivity contribution in [3.8, 4) is 0 Å². The lowest BCUT2D eigenvalue weighted by atomic mass is 9.77. The minimum Gasteiger partial charge on any atom is -0.481 e. The number of amides is 1. The lowest BCUT2D eigenvalue weighted by molar-refractivity contribution is -0.152. The summed E-state index contributed by atoms with van der Waals surface area (Å²) in [6.45, 7) is 0. The number of halogens is 1. The van der Waals surface area contributed by atoms with Gasteiger partial charge < -0.3 is 10.4 Å². The molecule has 0 unspecified atom stereocenters. The maximum absolute atomic E-state index is 12.3. The number of anilines is 1. The minimum atomic E-state index is -0.888. The van der Waals surface area contributed by atoms with Gasteiger partial charge >= 0.3 is 5.97 Å². The van der Waals surface area contributed by atoms with Crippen LogP contribution < -0.4 is 5.32 Å². The zero-order chi connectivity index (χ0) is 15.3. The van der Waals surface area contributed by atoms with E-state index in [9.17, 15) is 14.7 Å². The van der Waals surface area contributed by atoms with Crippen LogP contribution >= 0.6 is 22.6 Å². The SMILES string of the molecule is O=C(CC1(C(=O)O)CCCCCC1)Nc1ccccc1I. The quantitative estimate of drug-likeness (QED) is 0.591. The van der Waals surface area contributed by atoms with Gasteiger partial charge in [-0.1, -0.05) is 37.8 Å². The molecule has 0 aliphatic heterocycles. The molecule has 0 atom stereocenters. The predicted octanol–water partition coefficient (Wildman–Crippen LogP) is 4.05. The average Bonchev–Trinajstić information content (AvgIpc) is 2.68. The number of carboxylic acids is 1. The van der Waals surface area contributed by atoms with Crippen LogP contribution in [0.1, 0.15) is 44.9 Å². The average molecular weight is 401 g/mol. The summed E-state index contributed by atoms with van der Waals surface area (Å²) in [5, 5.41) is 12.4. The fourth-order valence-corrected chi connectivity index (χ4v) is 3.46. The Morgan fingerprint density at radius 2 is 1.76 bits per heavy atom. The van der Waals surface area contributed by atoms with Crippen molar-refractivity contribution in [1.82, 2.24) is 0 Å². The van der Waals surface area contributed by atoms with Crippen LogP contribution in [-0.4, -0.2) is 17.0 Å². The molecule has 1 aliphatic carbocycles. The van der Waals surface area contributed by atoms with E-state index in [4.69, 9.17) is 0 Å². The van der Waals surface area contributed by atoms with Crippen molar-refractivity contribution >= 4 is 40.2 Å². The zero-order valence-corrected chi connectivity index (χ0v) is 14.1. The monoisotopic (exact) mass is 401 g/mol. The Morgan fingerprint density at radius 3 is 2.33 bits per heavy atom. The second-order valence-corrected chi connectivity index (χ2v) is 6.87. The Balaban J connectivity index is 2.08. The largest absolute Gasteiger partial charge is 0.481 e. The summed E-state index contributed by atoms with van der Waals surface area (Å²) in [4.78, 5) is 24.0. The first-order valence-electron chi connectivity index (χ1n) is 7.31. The fourth-order valence-electron chi connectivity index (χ4n) is 2.94. The molecule has 1 amide bonds. The molecule has 1 fully saturated rings. The maximum Gasteiger partial charge on any atom is 0.310 e. The summed E-state index contributed by atoms with van der Waals surface area (Å²) < 4.78 is 0.952. The highest BCUT2D eigenvalue weighted by atomic mass is 127. The normalized spacial score (nSPS) is 17.8. The number of carbonyl (C=O) groups is 2. The fraction of sp³-hybridized carbons (Fsp3) is 0.500. The van der Waals surface area contributed by atoms with E-state index in [1.165, 1.54) is 0 Å². The number of rotatable bonds is 4. The molecule has 0 spiro atoms. The van der Waals surface area contributed by atoms with Gasteiger partial charge in [-0.25, -0.2) is 0 Å². The van der Waals surface area contributed by atoms with Crippen molar-refractivity contribution < 1.29 is 14.7 Å². The molecule has 0 saturated heterocycles. The van der Waals surface area contributed by atoms with Crippen molar-refractivity contribution in [1.29, 1.82) is 0 Å². The van der Waals surface area contributed by atoms with Crippen molar-refractivity contribution in [2.75, 3.05) is 5.32 Å². The van der Waals surface area contributed by atoms with E-state index in [1.54, 1.807) is 0 Å². The Bertz CT molecular complexity index is 522. The van der Waals surface area contributed by atoms with E-state index < -0.39 is 11.4 Å². The van der Waals surface area contributed by atoms with Crippen LogP contribution in [-0.2, 0) is 9.59 Å². The Hall–Kier alpha value is -1.11. The van der Waals surface area contributed by atoms with Crippen molar-refractivity contribution in [2.45, 2.75) is 44.9 Å². The molecule has 4 nitrogen and oxygen atoms in total. The van der Waals surface area contributed by atoms with E-state index >= 15 is 0 Å². The summed E-state index contributed by atoms with van der Waals surface area (Å²) >= 11 is 2.16. The maximum atomic E-state index is 12.3. The topological polar surface area (TPSA) is 66.4 Å². The first-order chi connectivity index (χ1) is 10.0. The molecule has 1 saturated carbocycles. The molecule has 1 aromatic carbocycles. The molecule has 0 heterocycles. The highest BCUT2D eigenvalue weighted by Gasteiger charge is 2.40. The van der Waals surface area contributed by atoms with Gasteiger partial charge in [-0.15, -0.1) is 0 Å². The van der Waals surface area contributed by atoms with Gasteiger partial charge in [0.1, 0.15) is 0 Å². The molecule has 2 rings (SSSR count). The van der Waals surface area contributed by atoms with Crippen LogP contribution in [0.5, 0.6) is 0 Å². The number of para-hydroxylation sites is 1. The Kier molecular flexibility index (Phi) is 5.61. The number of benzene rings is 1. The van der Waals surface area contributed by atoms with Crippen molar-refractivity contribution in [3.05, 3.63) is 27.8 Å². The number of nitrogens with one attached hydrogen (secondary N) is 1. The molecule has 114 valence electrons. The van der Waals surface area contributed by atoms with Crippen LogP contribution in [0.2, 0.25) is 0 Å². The molecule has 21 heavy (non-hydrogen) atoms. The van der Waals surface area contributed by atoms with Gasteiger partial charge in [-0.2, -0.15) is 0 Å². The number of hydrogen-bond donors (Lipinski definition) is 2. The molecule has 5 heteroatoms. The summed E-state index contributed by atoms with van der Waals surface area (Å²) in [6.07, 6.45) is 5.17. The highest BCUT2D eigenvalue weighted by molar-refractivity contribution is 14.1. The van der Waals surface area contributed by atoms with Gasteiger partial charge in [0.05, 0.1) is 11.1 Å². The molecule has 0 radical (unpaired) electrons. The summed E-state index contributed by atoms with van der Waals surface area (Å²) in [5.74, 6) is -1.04. The second-order valence-electron chi connectivity index (χ2n) is 5.70. The lowest BCUT2D eigenvalue weighted by Crippen LogP contribution is -2.35. The molecule has 1 aliphatic rings. The second kappa shape index (κ2) is 7.24. The van der Waals surface area contributed by atoms with Gasteiger partial charge in [0.15, 0.2) is 0 Å². The molecular formula is C16H20INO3. The van der Waals surface area contributed by atoms with E-state index in [0.717, 1.165) is 34.9 Å². The third kappa shape index (κ3) is 4.18. The van der Waals surface area contributed by atoms with Gasteiger partial charge in [-0.3, -0.25) is 9.59 Å². The van der Waals surface area contributed by atoms with E-state index in [-0.39, 0.29) is 12.3 Å². The summed E-state index contributed by atoms with van der Waals surface area (Å²) in [7, 11) is 0. The molecule has 0 aromatic heterocycles. The van der Waals surface area contributed by atoms with Crippen LogP contribution in [0.4, 0.5) is 5.69 Å². The van der Waals surface area contributed by atoms with Gasteiger partial charge in [0.25, 0.3) is 0 Å². The molecular weight excluding hydrogens is 381 g/mol.